The summed E-state index contributed by atoms with van der Waals surface area (Å²) in [6, 6.07) is 8.92. The van der Waals surface area contributed by atoms with Crippen LogP contribution >= 0.6 is 11.6 Å². The maximum Gasteiger partial charge on any atom is 0.417 e. The van der Waals surface area contributed by atoms with Crippen LogP contribution in [0, 0.1) is 5.82 Å². The van der Waals surface area contributed by atoms with Crippen molar-refractivity contribution in [3.05, 3.63) is 63.4 Å². The summed E-state index contributed by atoms with van der Waals surface area (Å²) in [4.78, 5) is 25.6. The third kappa shape index (κ3) is 3.01. The Morgan fingerprint density at radius 3 is 2.86 bits per heavy atom. The summed E-state index contributed by atoms with van der Waals surface area (Å²) >= 11 is 5.65. The van der Waals surface area contributed by atoms with Crippen molar-refractivity contribution in [1.29, 1.82) is 0 Å². The van der Waals surface area contributed by atoms with E-state index in [-0.39, 0.29) is 17.4 Å². The van der Waals surface area contributed by atoms with Gasteiger partial charge in [0.1, 0.15) is 5.82 Å². The highest BCUT2D eigenvalue weighted by Crippen LogP contribution is 2.20. The Labute approximate surface area is 128 Å². The van der Waals surface area contributed by atoms with Crippen LogP contribution < -0.4 is 11.1 Å². The number of aromatic nitrogens is 1. The average molecular weight is 321 g/mol. The summed E-state index contributed by atoms with van der Waals surface area (Å²) in [5.41, 5.74) is 2.07. The number of amides is 1. The molecule has 5 nitrogen and oxygen atoms in total. The predicted octanol–water partition coefficient (Wildman–Crippen LogP) is 3.09. The van der Waals surface area contributed by atoms with Crippen molar-refractivity contribution in [3.63, 3.8) is 0 Å². The molecule has 0 unspecified atom stereocenters. The first kappa shape index (κ1) is 14.3. The lowest BCUT2D eigenvalue weighted by atomic mass is 10.1. The number of anilines is 1. The van der Waals surface area contributed by atoms with Gasteiger partial charge in [-0.2, -0.15) is 0 Å². The van der Waals surface area contributed by atoms with Gasteiger partial charge in [0.15, 0.2) is 5.58 Å². The Morgan fingerprint density at radius 2 is 2.09 bits per heavy atom. The molecule has 1 heterocycles. The lowest BCUT2D eigenvalue weighted by Crippen LogP contribution is -2.14. The number of H-pyrrole nitrogens is 1. The van der Waals surface area contributed by atoms with E-state index < -0.39 is 11.6 Å². The van der Waals surface area contributed by atoms with Crippen LogP contribution in [0.5, 0.6) is 0 Å². The molecule has 0 spiro atoms. The third-order valence-electron chi connectivity index (χ3n) is 3.05. The predicted molar refractivity (Wildman–Crippen MR) is 80.6 cm³/mol. The number of benzene rings is 2. The van der Waals surface area contributed by atoms with E-state index in [9.17, 15) is 14.0 Å². The first-order chi connectivity index (χ1) is 10.5. The van der Waals surface area contributed by atoms with Gasteiger partial charge < -0.3 is 9.73 Å². The normalized spacial score (nSPS) is 10.8. The molecule has 0 aliphatic carbocycles. The number of halogens is 2. The summed E-state index contributed by atoms with van der Waals surface area (Å²) in [6.07, 6.45) is 0.0954. The van der Waals surface area contributed by atoms with Crippen LogP contribution in [-0.2, 0) is 11.2 Å². The van der Waals surface area contributed by atoms with Crippen LogP contribution in [0.25, 0.3) is 11.1 Å². The first-order valence-electron chi connectivity index (χ1n) is 6.38. The van der Waals surface area contributed by atoms with Crippen molar-refractivity contribution in [2.45, 2.75) is 6.42 Å². The first-order valence-corrected chi connectivity index (χ1v) is 6.76. The standard InChI is InChI=1S/C15H10ClFN2O3/c16-10-7-9(2-3-11(10)17)18-14(20)6-8-1-4-13-12(5-8)19-15(21)22-13/h1-5,7H,6H2,(H,18,20)(H,19,21). The average Bonchev–Trinajstić information content (AvgIpc) is 2.82. The zero-order chi connectivity index (χ0) is 15.7. The molecule has 1 amide bonds. The molecule has 0 aliphatic heterocycles. The van der Waals surface area contributed by atoms with E-state index in [0.717, 1.165) is 0 Å². The monoisotopic (exact) mass is 320 g/mol. The van der Waals surface area contributed by atoms with Crippen molar-refractivity contribution >= 4 is 34.3 Å². The van der Waals surface area contributed by atoms with E-state index in [4.69, 9.17) is 16.0 Å². The number of fused-ring (bicyclic) bond motifs is 1. The molecule has 0 radical (unpaired) electrons. The quantitative estimate of drug-likeness (QED) is 0.778. The Hall–Kier alpha value is -2.60. The minimum absolute atomic E-state index is 0.0600. The maximum atomic E-state index is 13.1. The topological polar surface area (TPSA) is 75.1 Å². The van der Waals surface area contributed by atoms with Gasteiger partial charge in [-0.25, -0.2) is 9.18 Å². The smallest absolute Gasteiger partial charge is 0.408 e. The van der Waals surface area contributed by atoms with E-state index in [1.165, 1.54) is 18.2 Å². The highest BCUT2D eigenvalue weighted by atomic mass is 35.5. The fourth-order valence-corrected chi connectivity index (χ4v) is 2.25. The van der Waals surface area contributed by atoms with Crippen molar-refractivity contribution in [2.75, 3.05) is 5.32 Å². The molecular formula is C15H10ClFN2O3. The van der Waals surface area contributed by atoms with Gasteiger partial charge >= 0.3 is 5.76 Å². The van der Waals surface area contributed by atoms with Crippen molar-refractivity contribution in [3.8, 4) is 0 Å². The van der Waals surface area contributed by atoms with E-state index in [1.54, 1.807) is 18.2 Å². The second-order valence-corrected chi connectivity index (χ2v) is 5.11. The number of hydrogen-bond acceptors (Lipinski definition) is 3. The van der Waals surface area contributed by atoms with Gasteiger partial charge in [-0.1, -0.05) is 17.7 Å². The number of rotatable bonds is 3. The summed E-state index contributed by atoms with van der Waals surface area (Å²) < 4.78 is 17.9. The molecule has 0 bridgehead atoms. The summed E-state index contributed by atoms with van der Waals surface area (Å²) in [5, 5.41) is 2.57. The zero-order valence-electron chi connectivity index (χ0n) is 11.2. The Morgan fingerprint density at radius 1 is 1.27 bits per heavy atom. The molecular weight excluding hydrogens is 311 g/mol. The van der Waals surface area contributed by atoms with Gasteiger partial charge in [-0.05, 0) is 35.9 Å². The molecule has 0 fully saturated rings. The molecule has 0 saturated heterocycles. The van der Waals surface area contributed by atoms with Crippen LogP contribution in [0.15, 0.2) is 45.6 Å². The molecule has 2 N–H and O–H groups in total. The number of oxazole rings is 1. The lowest BCUT2D eigenvalue weighted by molar-refractivity contribution is -0.115. The van der Waals surface area contributed by atoms with Gasteiger partial charge in [-0.15, -0.1) is 0 Å². The molecule has 0 saturated carbocycles. The summed E-state index contributed by atoms with van der Waals surface area (Å²) in [7, 11) is 0. The van der Waals surface area contributed by atoms with Gasteiger partial charge in [0, 0.05) is 5.69 Å². The van der Waals surface area contributed by atoms with Crippen molar-refractivity contribution in [2.24, 2.45) is 0 Å². The molecule has 3 rings (SSSR count). The highest BCUT2D eigenvalue weighted by molar-refractivity contribution is 6.31. The van der Waals surface area contributed by atoms with Gasteiger partial charge in [0.2, 0.25) is 5.91 Å². The van der Waals surface area contributed by atoms with Gasteiger partial charge in [-0.3, -0.25) is 9.78 Å². The second-order valence-electron chi connectivity index (χ2n) is 4.70. The molecule has 112 valence electrons. The van der Waals surface area contributed by atoms with E-state index in [1.807, 2.05) is 0 Å². The van der Waals surface area contributed by atoms with Gasteiger partial charge in [0.05, 0.1) is 17.0 Å². The number of carbonyl (C=O) groups excluding carboxylic acids is 1. The minimum atomic E-state index is -0.547. The Balaban J connectivity index is 1.74. The van der Waals surface area contributed by atoms with Crippen molar-refractivity contribution < 1.29 is 13.6 Å². The Bertz CT molecular complexity index is 917. The third-order valence-corrected chi connectivity index (χ3v) is 3.34. The van der Waals surface area contributed by atoms with E-state index in [2.05, 4.69) is 10.3 Å². The van der Waals surface area contributed by atoms with Crippen LogP contribution in [0.1, 0.15) is 5.56 Å². The lowest BCUT2D eigenvalue weighted by Gasteiger charge is -2.06. The minimum Gasteiger partial charge on any atom is -0.408 e. The molecule has 2 aromatic carbocycles. The van der Waals surface area contributed by atoms with E-state index in [0.29, 0.717) is 22.4 Å². The molecule has 3 aromatic rings. The second kappa shape index (κ2) is 5.65. The van der Waals surface area contributed by atoms with Crippen molar-refractivity contribution in [1.82, 2.24) is 4.98 Å². The van der Waals surface area contributed by atoms with Crippen LogP contribution in [-0.4, -0.2) is 10.9 Å². The summed E-state index contributed by atoms with van der Waals surface area (Å²) in [6.45, 7) is 0. The number of aromatic amines is 1. The largest absolute Gasteiger partial charge is 0.417 e. The molecule has 22 heavy (non-hydrogen) atoms. The highest BCUT2D eigenvalue weighted by Gasteiger charge is 2.08. The maximum absolute atomic E-state index is 13.1. The fraction of sp³-hybridized carbons (Fsp3) is 0.0667. The Kier molecular flexibility index (Phi) is 3.68. The number of nitrogens with one attached hydrogen (secondary N) is 2. The van der Waals surface area contributed by atoms with Crippen LogP contribution in [0.2, 0.25) is 5.02 Å². The van der Waals surface area contributed by atoms with Crippen LogP contribution in [0.3, 0.4) is 0 Å². The number of carbonyl (C=O) groups is 1. The summed E-state index contributed by atoms with van der Waals surface area (Å²) in [5.74, 6) is -1.38. The zero-order valence-corrected chi connectivity index (χ0v) is 11.9. The fourth-order valence-electron chi connectivity index (χ4n) is 2.07. The number of hydrogen-bond donors (Lipinski definition) is 2. The molecule has 1 aromatic heterocycles. The molecule has 0 aliphatic rings. The van der Waals surface area contributed by atoms with E-state index >= 15 is 0 Å². The van der Waals surface area contributed by atoms with Gasteiger partial charge in [0.25, 0.3) is 0 Å². The molecule has 7 heteroatoms. The molecule has 0 atom stereocenters. The SMILES string of the molecule is O=C(Cc1ccc2oc(=O)[nH]c2c1)Nc1ccc(F)c(Cl)c1. The van der Waals surface area contributed by atoms with Crippen LogP contribution in [0.4, 0.5) is 10.1 Å².